The van der Waals surface area contributed by atoms with Crippen LogP contribution in [0.3, 0.4) is 0 Å². The summed E-state index contributed by atoms with van der Waals surface area (Å²) in [5, 5.41) is 4.53. The maximum Gasteiger partial charge on any atom is 0.0408 e. The van der Waals surface area contributed by atoms with Gasteiger partial charge in [-0.25, -0.2) is 0 Å². The Morgan fingerprint density at radius 2 is 2.14 bits per heavy atom. The molecular formula is C18H25ClN2. The molecule has 2 aliphatic heterocycles. The first kappa shape index (κ1) is 14.0. The summed E-state index contributed by atoms with van der Waals surface area (Å²) in [4.78, 5) is 2.77. The Hall–Kier alpha value is -0.570. The number of rotatable bonds is 1. The number of aryl methyl sites for hydroxylation is 1. The molecule has 0 saturated carbocycles. The average molecular weight is 305 g/mol. The molecule has 0 radical (unpaired) electrons. The molecule has 2 nitrogen and oxygen atoms in total. The Morgan fingerprint density at radius 1 is 1.24 bits per heavy atom. The van der Waals surface area contributed by atoms with E-state index in [0.717, 1.165) is 5.02 Å². The van der Waals surface area contributed by atoms with Crippen LogP contribution in [0.1, 0.15) is 49.3 Å². The van der Waals surface area contributed by atoms with E-state index in [1.807, 2.05) is 0 Å². The van der Waals surface area contributed by atoms with E-state index in [-0.39, 0.29) is 0 Å². The van der Waals surface area contributed by atoms with Crippen LogP contribution in [-0.2, 0) is 6.42 Å². The first-order valence-corrected chi connectivity index (χ1v) is 8.87. The van der Waals surface area contributed by atoms with Crippen LogP contribution in [0.5, 0.6) is 0 Å². The molecule has 21 heavy (non-hydrogen) atoms. The molecular weight excluding hydrogens is 280 g/mol. The van der Waals surface area contributed by atoms with Gasteiger partial charge in [-0.05, 0) is 80.3 Å². The van der Waals surface area contributed by atoms with Gasteiger partial charge in [0, 0.05) is 24.2 Å². The lowest BCUT2D eigenvalue weighted by Crippen LogP contribution is -2.51. The zero-order chi connectivity index (χ0) is 14.3. The van der Waals surface area contributed by atoms with E-state index in [4.69, 9.17) is 11.6 Å². The van der Waals surface area contributed by atoms with Crippen molar-refractivity contribution in [3.05, 3.63) is 34.3 Å². The quantitative estimate of drug-likeness (QED) is 0.849. The fraction of sp³-hybridized carbons (Fsp3) is 0.667. The fourth-order valence-electron chi connectivity index (χ4n) is 4.83. The second-order valence-corrected chi connectivity index (χ2v) is 7.69. The second-order valence-electron chi connectivity index (χ2n) is 7.25. The van der Waals surface area contributed by atoms with Crippen molar-refractivity contribution < 1.29 is 0 Å². The summed E-state index contributed by atoms with van der Waals surface area (Å²) in [5.41, 5.74) is 3.57. The van der Waals surface area contributed by atoms with E-state index < -0.39 is 0 Å². The van der Waals surface area contributed by atoms with E-state index in [2.05, 4.69) is 28.4 Å². The van der Waals surface area contributed by atoms with E-state index in [0.29, 0.717) is 11.5 Å². The summed E-state index contributed by atoms with van der Waals surface area (Å²) in [6.07, 6.45) is 8.01. The van der Waals surface area contributed by atoms with Crippen LogP contribution < -0.4 is 5.32 Å². The summed E-state index contributed by atoms with van der Waals surface area (Å²) >= 11 is 6.15. The van der Waals surface area contributed by atoms with Crippen molar-refractivity contribution in [3.63, 3.8) is 0 Å². The molecule has 2 heterocycles. The van der Waals surface area contributed by atoms with Gasteiger partial charge in [0.25, 0.3) is 0 Å². The molecule has 0 aromatic heterocycles. The molecule has 1 aromatic rings. The van der Waals surface area contributed by atoms with Gasteiger partial charge in [0.2, 0.25) is 0 Å². The number of fused-ring (bicyclic) bond motifs is 1. The highest BCUT2D eigenvalue weighted by molar-refractivity contribution is 6.30. The zero-order valence-corrected chi connectivity index (χ0v) is 13.5. The molecule has 1 N–H and O–H groups in total. The Bertz CT molecular complexity index is 516. The molecule has 1 aromatic carbocycles. The molecule has 114 valence electrons. The second kappa shape index (κ2) is 5.57. The Labute approximate surface area is 132 Å². The predicted octanol–water partition coefficient (Wildman–Crippen LogP) is 3.79. The molecule has 0 amide bonds. The van der Waals surface area contributed by atoms with E-state index >= 15 is 0 Å². The third kappa shape index (κ3) is 2.62. The number of nitrogens with zero attached hydrogens (tertiary/aromatic N) is 1. The van der Waals surface area contributed by atoms with Gasteiger partial charge in [-0.15, -0.1) is 0 Å². The van der Waals surface area contributed by atoms with Crippen molar-refractivity contribution in [3.8, 4) is 0 Å². The van der Waals surface area contributed by atoms with Crippen molar-refractivity contribution in [1.29, 1.82) is 0 Å². The number of benzene rings is 1. The molecule has 2 atom stereocenters. The highest BCUT2D eigenvalue weighted by atomic mass is 35.5. The van der Waals surface area contributed by atoms with Crippen molar-refractivity contribution in [2.24, 2.45) is 5.41 Å². The number of likely N-dealkylation sites (tertiary alicyclic amines) is 1. The van der Waals surface area contributed by atoms with Crippen molar-refractivity contribution in [1.82, 2.24) is 10.2 Å². The number of piperidine rings is 2. The monoisotopic (exact) mass is 304 g/mol. The Kier molecular flexibility index (Phi) is 3.72. The van der Waals surface area contributed by atoms with Crippen molar-refractivity contribution in [2.45, 2.75) is 44.6 Å². The standard InChI is InChI=1S/C18H25ClN2/c19-15-4-5-16-14(11-15)3-6-17(16)21-10-2-8-18(13-21)7-1-9-20-12-18/h4-5,11,17,20H,1-3,6-10,12-13H2. The molecule has 0 bridgehead atoms. The predicted molar refractivity (Wildman–Crippen MR) is 87.9 cm³/mol. The van der Waals surface area contributed by atoms with Gasteiger partial charge in [0.15, 0.2) is 0 Å². The Balaban J connectivity index is 1.55. The van der Waals surface area contributed by atoms with Gasteiger partial charge in [0.1, 0.15) is 0 Å². The van der Waals surface area contributed by atoms with E-state index in [1.54, 1.807) is 5.56 Å². The summed E-state index contributed by atoms with van der Waals surface area (Å²) in [6.45, 7) is 5.00. The summed E-state index contributed by atoms with van der Waals surface area (Å²) in [6, 6.07) is 7.16. The fourth-order valence-corrected chi connectivity index (χ4v) is 5.03. The lowest BCUT2D eigenvalue weighted by molar-refractivity contribution is 0.0371. The van der Waals surface area contributed by atoms with Crippen LogP contribution in [0.15, 0.2) is 18.2 Å². The van der Waals surface area contributed by atoms with Crippen LogP contribution in [-0.4, -0.2) is 31.1 Å². The summed E-state index contributed by atoms with van der Waals surface area (Å²) in [5.74, 6) is 0. The van der Waals surface area contributed by atoms with Crippen LogP contribution in [0.4, 0.5) is 0 Å². The number of nitrogens with one attached hydrogen (secondary N) is 1. The van der Waals surface area contributed by atoms with Gasteiger partial charge < -0.3 is 5.32 Å². The van der Waals surface area contributed by atoms with Crippen molar-refractivity contribution in [2.75, 3.05) is 26.2 Å². The molecule has 2 fully saturated rings. The Morgan fingerprint density at radius 3 is 3.00 bits per heavy atom. The third-order valence-electron chi connectivity index (χ3n) is 5.84. The molecule has 2 saturated heterocycles. The summed E-state index contributed by atoms with van der Waals surface area (Å²) < 4.78 is 0. The van der Waals surface area contributed by atoms with Gasteiger partial charge in [-0.1, -0.05) is 17.7 Å². The molecule has 2 unspecified atom stereocenters. The van der Waals surface area contributed by atoms with Crippen LogP contribution in [0, 0.1) is 5.41 Å². The highest BCUT2D eigenvalue weighted by Crippen LogP contribution is 2.43. The number of hydrogen-bond donors (Lipinski definition) is 1. The largest absolute Gasteiger partial charge is 0.316 e. The first-order valence-electron chi connectivity index (χ1n) is 8.49. The SMILES string of the molecule is Clc1ccc2c(c1)CCC2N1CCCC2(CCCNC2)C1. The van der Waals surface area contributed by atoms with Gasteiger partial charge in [-0.3, -0.25) is 4.90 Å². The maximum atomic E-state index is 6.15. The van der Waals surface area contributed by atoms with Gasteiger partial charge in [0.05, 0.1) is 0 Å². The minimum absolute atomic E-state index is 0.547. The van der Waals surface area contributed by atoms with Crippen LogP contribution >= 0.6 is 11.6 Å². The van der Waals surface area contributed by atoms with E-state index in [9.17, 15) is 0 Å². The number of hydrogen-bond acceptors (Lipinski definition) is 2. The van der Waals surface area contributed by atoms with E-state index in [1.165, 1.54) is 70.3 Å². The summed E-state index contributed by atoms with van der Waals surface area (Å²) in [7, 11) is 0. The topological polar surface area (TPSA) is 15.3 Å². The highest BCUT2D eigenvalue weighted by Gasteiger charge is 2.40. The molecule has 3 heteroatoms. The third-order valence-corrected chi connectivity index (χ3v) is 6.08. The maximum absolute atomic E-state index is 6.15. The molecule has 4 rings (SSSR count). The minimum atomic E-state index is 0.547. The smallest absolute Gasteiger partial charge is 0.0408 e. The minimum Gasteiger partial charge on any atom is -0.316 e. The first-order chi connectivity index (χ1) is 10.3. The molecule has 1 aliphatic carbocycles. The van der Waals surface area contributed by atoms with Gasteiger partial charge >= 0.3 is 0 Å². The van der Waals surface area contributed by atoms with Gasteiger partial charge in [-0.2, -0.15) is 0 Å². The number of halogens is 1. The lowest BCUT2D eigenvalue weighted by Gasteiger charge is -2.47. The lowest BCUT2D eigenvalue weighted by atomic mass is 9.74. The molecule has 1 spiro atoms. The zero-order valence-electron chi connectivity index (χ0n) is 12.7. The normalized spacial score (nSPS) is 33.3. The van der Waals surface area contributed by atoms with Crippen molar-refractivity contribution >= 4 is 11.6 Å². The average Bonchev–Trinajstić information content (AvgIpc) is 2.91. The molecule has 3 aliphatic rings. The van der Waals surface area contributed by atoms with Crippen LogP contribution in [0.25, 0.3) is 0 Å². The van der Waals surface area contributed by atoms with Crippen LogP contribution in [0.2, 0.25) is 5.02 Å².